The lowest BCUT2D eigenvalue weighted by Crippen LogP contribution is -2.39. The molecule has 18 heavy (non-hydrogen) atoms. The monoisotopic (exact) mass is 248 g/mol. The molecule has 1 aliphatic heterocycles. The van der Waals surface area contributed by atoms with E-state index >= 15 is 0 Å². The van der Waals surface area contributed by atoms with Crippen molar-refractivity contribution in [3.8, 4) is 6.07 Å². The van der Waals surface area contributed by atoms with Gasteiger partial charge in [-0.3, -0.25) is 4.79 Å². The van der Waals surface area contributed by atoms with E-state index < -0.39 is 11.2 Å². The van der Waals surface area contributed by atoms with E-state index in [0.29, 0.717) is 31.7 Å². The predicted molar refractivity (Wildman–Crippen MR) is 63.1 cm³/mol. The van der Waals surface area contributed by atoms with Crippen molar-refractivity contribution in [2.24, 2.45) is 5.41 Å². The maximum absolute atomic E-state index is 13.0. The number of nitrogens with zero attached hydrogens (tertiary/aromatic N) is 1. The number of carbonyl (C=O) groups excluding carboxylic acids is 1. The molecule has 0 spiro atoms. The molecule has 0 bridgehead atoms. The first-order valence-electron chi connectivity index (χ1n) is 5.72. The standard InChI is InChI=1S/C13H13FN2O2/c14-10-2-1-3-11(8-10)16-12(17)13(9-15)4-6-18-7-5-13/h1-3,8H,4-7H2,(H,16,17). The minimum atomic E-state index is -1.06. The van der Waals surface area contributed by atoms with E-state index in [0.717, 1.165) is 0 Å². The quantitative estimate of drug-likeness (QED) is 0.871. The number of anilines is 1. The number of benzene rings is 1. The topological polar surface area (TPSA) is 62.1 Å². The minimum Gasteiger partial charge on any atom is -0.381 e. The Morgan fingerprint density at radius 3 is 2.78 bits per heavy atom. The number of rotatable bonds is 2. The normalized spacial score (nSPS) is 17.8. The van der Waals surface area contributed by atoms with Crippen molar-refractivity contribution in [2.75, 3.05) is 18.5 Å². The van der Waals surface area contributed by atoms with E-state index in [1.807, 2.05) is 0 Å². The molecule has 2 rings (SSSR count). The van der Waals surface area contributed by atoms with E-state index in [9.17, 15) is 14.4 Å². The van der Waals surface area contributed by atoms with Crippen LogP contribution in [0.25, 0.3) is 0 Å². The van der Waals surface area contributed by atoms with Crippen LogP contribution in [0.2, 0.25) is 0 Å². The average Bonchev–Trinajstić information content (AvgIpc) is 2.39. The van der Waals surface area contributed by atoms with Gasteiger partial charge < -0.3 is 10.1 Å². The molecule has 4 nitrogen and oxygen atoms in total. The summed E-state index contributed by atoms with van der Waals surface area (Å²) < 4.78 is 18.2. The summed E-state index contributed by atoms with van der Waals surface area (Å²) >= 11 is 0. The predicted octanol–water partition coefficient (Wildman–Crippen LogP) is 2.08. The Kier molecular flexibility index (Phi) is 3.58. The van der Waals surface area contributed by atoms with E-state index in [1.165, 1.54) is 18.2 Å². The van der Waals surface area contributed by atoms with E-state index in [-0.39, 0.29) is 5.91 Å². The summed E-state index contributed by atoms with van der Waals surface area (Å²) in [5, 5.41) is 11.8. The summed E-state index contributed by atoms with van der Waals surface area (Å²) in [6.07, 6.45) is 0.731. The second-order valence-corrected chi connectivity index (χ2v) is 4.27. The third-order valence-corrected chi connectivity index (χ3v) is 3.08. The Hall–Kier alpha value is -1.93. The number of hydrogen-bond donors (Lipinski definition) is 1. The number of hydrogen-bond acceptors (Lipinski definition) is 3. The third-order valence-electron chi connectivity index (χ3n) is 3.08. The van der Waals surface area contributed by atoms with Crippen LogP contribution in [0.15, 0.2) is 24.3 Å². The van der Waals surface area contributed by atoms with Gasteiger partial charge in [-0.25, -0.2) is 4.39 Å². The summed E-state index contributed by atoms with van der Waals surface area (Å²) in [4.78, 5) is 12.1. The van der Waals surface area contributed by atoms with Gasteiger partial charge in [-0.2, -0.15) is 5.26 Å². The molecule has 0 radical (unpaired) electrons. The molecule has 0 saturated carbocycles. The second kappa shape index (κ2) is 5.15. The molecule has 1 fully saturated rings. The van der Waals surface area contributed by atoms with Crippen LogP contribution in [0.1, 0.15) is 12.8 Å². The molecule has 1 aliphatic rings. The van der Waals surface area contributed by atoms with E-state index in [1.54, 1.807) is 6.07 Å². The van der Waals surface area contributed by atoms with Crippen molar-refractivity contribution in [3.63, 3.8) is 0 Å². The molecule has 1 heterocycles. The number of halogens is 1. The van der Waals surface area contributed by atoms with Crippen molar-refractivity contribution < 1.29 is 13.9 Å². The van der Waals surface area contributed by atoms with Crippen LogP contribution in [0.4, 0.5) is 10.1 Å². The van der Waals surface area contributed by atoms with Gasteiger partial charge in [0.25, 0.3) is 0 Å². The van der Waals surface area contributed by atoms with Crippen LogP contribution in [0, 0.1) is 22.6 Å². The zero-order chi connectivity index (χ0) is 13.0. The second-order valence-electron chi connectivity index (χ2n) is 4.27. The molecule has 0 aliphatic carbocycles. The summed E-state index contributed by atoms with van der Waals surface area (Å²) in [5.41, 5.74) is -0.703. The van der Waals surface area contributed by atoms with Gasteiger partial charge in [0.2, 0.25) is 5.91 Å². The van der Waals surface area contributed by atoms with E-state index in [4.69, 9.17) is 4.74 Å². The van der Waals surface area contributed by atoms with Gasteiger partial charge in [-0.05, 0) is 31.0 Å². The lowest BCUT2D eigenvalue weighted by atomic mass is 9.81. The fourth-order valence-electron chi connectivity index (χ4n) is 1.93. The SMILES string of the molecule is N#CC1(C(=O)Nc2cccc(F)c2)CCOCC1. The number of nitrogens with one attached hydrogen (secondary N) is 1. The summed E-state index contributed by atoms with van der Waals surface area (Å²) in [5.74, 6) is -0.815. The van der Waals surface area contributed by atoms with Crippen LogP contribution < -0.4 is 5.32 Å². The molecule has 0 unspecified atom stereocenters. The first-order valence-corrected chi connectivity index (χ1v) is 5.72. The number of nitriles is 1. The molecule has 94 valence electrons. The highest BCUT2D eigenvalue weighted by atomic mass is 19.1. The van der Waals surface area contributed by atoms with Gasteiger partial charge in [-0.1, -0.05) is 6.07 Å². The Morgan fingerprint density at radius 2 is 2.17 bits per heavy atom. The van der Waals surface area contributed by atoms with Gasteiger partial charge in [0.1, 0.15) is 11.2 Å². The molecule has 1 amide bonds. The first kappa shape index (κ1) is 12.5. The molecular formula is C13H13FN2O2. The van der Waals surface area contributed by atoms with Gasteiger partial charge >= 0.3 is 0 Å². The number of ether oxygens (including phenoxy) is 1. The maximum Gasteiger partial charge on any atom is 0.245 e. The molecule has 1 N–H and O–H groups in total. The fourth-order valence-corrected chi connectivity index (χ4v) is 1.93. The van der Waals surface area contributed by atoms with Crippen molar-refractivity contribution in [2.45, 2.75) is 12.8 Å². The molecule has 1 saturated heterocycles. The zero-order valence-electron chi connectivity index (χ0n) is 9.78. The van der Waals surface area contributed by atoms with Crippen LogP contribution in [-0.2, 0) is 9.53 Å². The summed E-state index contributed by atoms with van der Waals surface area (Å²) in [6.45, 7) is 0.786. The Bertz CT molecular complexity index is 490. The fraction of sp³-hybridized carbons (Fsp3) is 0.385. The maximum atomic E-state index is 13.0. The van der Waals surface area contributed by atoms with Crippen molar-refractivity contribution in [1.82, 2.24) is 0 Å². The highest BCUT2D eigenvalue weighted by Crippen LogP contribution is 2.31. The van der Waals surface area contributed by atoms with E-state index in [2.05, 4.69) is 11.4 Å². The largest absolute Gasteiger partial charge is 0.381 e. The molecule has 0 atom stereocenters. The Labute approximate surface area is 104 Å². The van der Waals surface area contributed by atoms with Crippen LogP contribution in [0.3, 0.4) is 0 Å². The zero-order valence-corrected chi connectivity index (χ0v) is 9.78. The highest BCUT2D eigenvalue weighted by molar-refractivity contribution is 5.97. The average molecular weight is 248 g/mol. The van der Waals surface area contributed by atoms with Gasteiger partial charge in [-0.15, -0.1) is 0 Å². The van der Waals surface area contributed by atoms with Crippen molar-refractivity contribution in [3.05, 3.63) is 30.1 Å². The van der Waals surface area contributed by atoms with Crippen molar-refractivity contribution in [1.29, 1.82) is 5.26 Å². The molecule has 5 heteroatoms. The van der Waals surface area contributed by atoms with Crippen LogP contribution >= 0.6 is 0 Å². The smallest absolute Gasteiger partial charge is 0.245 e. The summed E-state index contributed by atoms with van der Waals surface area (Å²) in [7, 11) is 0. The first-order chi connectivity index (χ1) is 8.66. The van der Waals surface area contributed by atoms with Crippen molar-refractivity contribution >= 4 is 11.6 Å². The van der Waals surface area contributed by atoms with Gasteiger partial charge in [0.05, 0.1) is 6.07 Å². The lowest BCUT2D eigenvalue weighted by molar-refractivity contribution is -0.126. The third kappa shape index (κ3) is 2.49. The lowest BCUT2D eigenvalue weighted by Gasteiger charge is -2.29. The Balaban J connectivity index is 2.13. The summed E-state index contributed by atoms with van der Waals surface area (Å²) in [6, 6.07) is 7.68. The Morgan fingerprint density at radius 1 is 1.44 bits per heavy atom. The molecular weight excluding hydrogens is 235 g/mol. The molecule has 0 aromatic heterocycles. The number of carbonyl (C=O) groups is 1. The van der Waals surface area contributed by atoms with Crippen LogP contribution in [0.5, 0.6) is 0 Å². The van der Waals surface area contributed by atoms with Gasteiger partial charge in [0, 0.05) is 18.9 Å². The van der Waals surface area contributed by atoms with Gasteiger partial charge in [0.15, 0.2) is 0 Å². The molecule has 1 aromatic carbocycles. The minimum absolute atomic E-state index is 0.362. The highest BCUT2D eigenvalue weighted by Gasteiger charge is 2.40. The molecule has 1 aromatic rings. The van der Waals surface area contributed by atoms with Crippen LogP contribution in [-0.4, -0.2) is 19.1 Å². The number of amides is 1.